The molecule has 1 aliphatic carbocycles. The van der Waals surface area contributed by atoms with Crippen LogP contribution in [0, 0.1) is 5.92 Å². The van der Waals surface area contributed by atoms with Crippen molar-refractivity contribution in [2.75, 3.05) is 18.6 Å². The fourth-order valence-electron chi connectivity index (χ4n) is 4.19. The molecule has 4 atom stereocenters. The van der Waals surface area contributed by atoms with Crippen LogP contribution in [-0.4, -0.2) is 51.6 Å². The number of carbonyl (C=O) groups is 2. The van der Waals surface area contributed by atoms with Crippen LogP contribution in [0.15, 0.2) is 24.3 Å². The van der Waals surface area contributed by atoms with E-state index in [0.717, 1.165) is 25.7 Å². The fourth-order valence-corrected chi connectivity index (χ4v) is 4.77. The molecule has 142 valence electrons. The zero-order chi connectivity index (χ0) is 18.7. The van der Waals surface area contributed by atoms with E-state index in [9.17, 15) is 13.8 Å². The van der Waals surface area contributed by atoms with Gasteiger partial charge in [0, 0.05) is 46.0 Å². The van der Waals surface area contributed by atoms with Crippen LogP contribution in [0.1, 0.15) is 42.5 Å². The summed E-state index contributed by atoms with van der Waals surface area (Å²) in [4.78, 5) is 27.7. The zero-order valence-corrected chi connectivity index (χ0v) is 16.5. The summed E-state index contributed by atoms with van der Waals surface area (Å²) in [5.41, 5.74) is 0.524. The standard InChI is InChI=1S/C19H25ClN2O3S/c1-26(25)10-9-21-18(23)17-12-13-5-2-3-8-16(13)22(17)19(24)14-6-4-7-15(20)11-14/h4,6-7,11,13,16-17H,2-3,5,8-10,12H2,1H3,(H,21,23)/t13-,16-,17+,26+/m0/s1. The molecular weight excluding hydrogens is 372 g/mol. The van der Waals surface area contributed by atoms with Crippen LogP contribution >= 0.6 is 11.6 Å². The van der Waals surface area contributed by atoms with Crippen LogP contribution in [0.25, 0.3) is 0 Å². The highest BCUT2D eigenvalue weighted by Gasteiger charge is 2.47. The first-order valence-electron chi connectivity index (χ1n) is 9.13. The Bertz CT molecular complexity index is 712. The number of hydrogen-bond donors (Lipinski definition) is 1. The largest absolute Gasteiger partial charge is 0.353 e. The summed E-state index contributed by atoms with van der Waals surface area (Å²) in [6.07, 6.45) is 6.57. The van der Waals surface area contributed by atoms with Crippen LogP contribution in [0.4, 0.5) is 0 Å². The minimum absolute atomic E-state index is 0.117. The molecule has 1 N–H and O–H groups in total. The van der Waals surface area contributed by atoms with Crippen LogP contribution in [0.2, 0.25) is 5.02 Å². The molecule has 1 heterocycles. The van der Waals surface area contributed by atoms with Crippen LogP contribution in [-0.2, 0) is 15.6 Å². The molecule has 1 aliphatic heterocycles. The van der Waals surface area contributed by atoms with Gasteiger partial charge >= 0.3 is 0 Å². The summed E-state index contributed by atoms with van der Waals surface area (Å²) in [5, 5.41) is 3.38. The molecule has 1 saturated heterocycles. The first-order valence-corrected chi connectivity index (χ1v) is 11.2. The van der Waals surface area contributed by atoms with E-state index in [1.165, 1.54) is 0 Å². The highest BCUT2D eigenvalue weighted by atomic mass is 35.5. The van der Waals surface area contributed by atoms with Gasteiger partial charge in [-0.25, -0.2) is 0 Å². The quantitative estimate of drug-likeness (QED) is 0.831. The third-order valence-corrected chi connectivity index (χ3v) is 6.40. The monoisotopic (exact) mass is 396 g/mol. The molecule has 7 heteroatoms. The van der Waals surface area contributed by atoms with Gasteiger partial charge < -0.3 is 10.2 Å². The van der Waals surface area contributed by atoms with Gasteiger partial charge in [-0.1, -0.05) is 30.5 Å². The van der Waals surface area contributed by atoms with Gasteiger partial charge in [0.05, 0.1) is 0 Å². The maximum Gasteiger partial charge on any atom is 0.254 e. The predicted octanol–water partition coefficient (Wildman–Crippen LogP) is 2.61. The number of likely N-dealkylation sites (tertiary alicyclic amines) is 1. The number of carbonyl (C=O) groups excluding carboxylic acids is 2. The summed E-state index contributed by atoms with van der Waals surface area (Å²) < 4.78 is 11.2. The molecule has 0 aromatic heterocycles. The van der Waals surface area contributed by atoms with Gasteiger partial charge in [0.15, 0.2) is 0 Å². The molecule has 1 saturated carbocycles. The lowest BCUT2D eigenvalue weighted by molar-refractivity contribution is -0.125. The Morgan fingerprint density at radius 2 is 2.08 bits per heavy atom. The molecule has 0 spiro atoms. The zero-order valence-electron chi connectivity index (χ0n) is 14.9. The highest BCUT2D eigenvalue weighted by Crippen LogP contribution is 2.40. The van der Waals surface area contributed by atoms with E-state index in [4.69, 9.17) is 11.6 Å². The van der Waals surface area contributed by atoms with E-state index in [1.54, 1.807) is 35.4 Å². The van der Waals surface area contributed by atoms with Crippen molar-refractivity contribution in [2.24, 2.45) is 5.92 Å². The van der Waals surface area contributed by atoms with E-state index in [0.29, 0.717) is 35.2 Å². The summed E-state index contributed by atoms with van der Waals surface area (Å²) in [6, 6.07) is 6.57. The SMILES string of the molecule is C[S@@](=O)CCNC(=O)[C@H]1C[C@@H]2CCCC[C@@H]2N1C(=O)c1cccc(Cl)c1. The second-order valence-corrected chi connectivity index (χ2v) is 9.15. The molecule has 0 unspecified atom stereocenters. The van der Waals surface area contributed by atoms with Gasteiger partial charge in [-0.3, -0.25) is 13.8 Å². The number of rotatable bonds is 5. The summed E-state index contributed by atoms with van der Waals surface area (Å²) in [6.45, 7) is 0.368. The van der Waals surface area contributed by atoms with Gasteiger partial charge in [-0.15, -0.1) is 0 Å². The Balaban J connectivity index is 1.80. The first kappa shape index (κ1) is 19.4. The molecule has 0 radical (unpaired) electrons. The molecule has 26 heavy (non-hydrogen) atoms. The Hall–Kier alpha value is -1.40. The van der Waals surface area contributed by atoms with Crippen molar-refractivity contribution in [3.05, 3.63) is 34.9 Å². The number of fused-ring (bicyclic) bond motifs is 1. The lowest BCUT2D eigenvalue weighted by Gasteiger charge is -2.33. The van der Waals surface area contributed by atoms with Crippen LogP contribution in [0.5, 0.6) is 0 Å². The maximum atomic E-state index is 13.2. The molecule has 1 aromatic carbocycles. The van der Waals surface area contributed by atoms with Gasteiger partial charge in [-0.2, -0.15) is 0 Å². The molecule has 5 nitrogen and oxygen atoms in total. The van der Waals surface area contributed by atoms with Gasteiger partial charge in [-0.05, 0) is 43.4 Å². The molecule has 0 bridgehead atoms. The molecule has 2 fully saturated rings. The molecule has 2 aliphatic rings. The molecular formula is C19H25ClN2O3S. The van der Waals surface area contributed by atoms with E-state index < -0.39 is 16.8 Å². The number of halogens is 1. The maximum absolute atomic E-state index is 13.2. The number of nitrogens with zero attached hydrogens (tertiary/aromatic N) is 1. The summed E-state index contributed by atoms with van der Waals surface area (Å²) >= 11 is 6.05. The summed E-state index contributed by atoms with van der Waals surface area (Å²) in [7, 11) is -0.951. The lowest BCUT2D eigenvalue weighted by Crippen LogP contribution is -2.50. The second kappa shape index (κ2) is 8.53. The normalized spacial score (nSPS) is 26.2. The minimum atomic E-state index is -0.951. The van der Waals surface area contributed by atoms with Crippen LogP contribution < -0.4 is 5.32 Å². The first-order chi connectivity index (χ1) is 12.5. The third kappa shape index (κ3) is 4.29. The van der Waals surface area contributed by atoms with Gasteiger partial charge in [0.2, 0.25) is 5.91 Å². The highest BCUT2D eigenvalue weighted by molar-refractivity contribution is 7.84. The van der Waals surface area contributed by atoms with Crippen molar-refractivity contribution in [3.63, 3.8) is 0 Å². The minimum Gasteiger partial charge on any atom is -0.353 e. The molecule has 3 rings (SSSR count). The van der Waals surface area contributed by atoms with Gasteiger partial charge in [0.1, 0.15) is 6.04 Å². The van der Waals surface area contributed by atoms with Crippen molar-refractivity contribution in [1.29, 1.82) is 0 Å². The number of benzene rings is 1. The number of amides is 2. The Labute approximate surface area is 161 Å². The topological polar surface area (TPSA) is 66.5 Å². The van der Waals surface area contributed by atoms with Crippen molar-refractivity contribution in [2.45, 2.75) is 44.2 Å². The van der Waals surface area contributed by atoms with Crippen molar-refractivity contribution in [1.82, 2.24) is 10.2 Å². The third-order valence-electron chi connectivity index (χ3n) is 5.39. The van der Waals surface area contributed by atoms with E-state index in [-0.39, 0.29) is 17.9 Å². The van der Waals surface area contributed by atoms with Crippen molar-refractivity contribution < 1.29 is 13.8 Å². The van der Waals surface area contributed by atoms with Crippen molar-refractivity contribution >= 4 is 34.2 Å². The van der Waals surface area contributed by atoms with E-state index >= 15 is 0 Å². The van der Waals surface area contributed by atoms with E-state index in [1.807, 2.05) is 0 Å². The predicted molar refractivity (Wildman–Crippen MR) is 104 cm³/mol. The Morgan fingerprint density at radius 3 is 2.81 bits per heavy atom. The van der Waals surface area contributed by atoms with Crippen LogP contribution in [0.3, 0.4) is 0 Å². The van der Waals surface area contributed by atoms with E-state index in [2.05, 4.69) is 5.32 Å². The second-order valence-electron chi connectivity index (χ2n) is 7.15. The fraction of sp³-hybridized carbons (Fsp3) is 0.579. The lowest BCUT2D eigenvalue weighted by atomic mass is 9.84. The van der Waals surface area contributed by atoms with Gasteiger partial charge in [0.25, 0.3) is 5.91 Å². The Kier molecular flexibility index (Phi) is 6.35. The Morgan fingerprint density at radius 1 is 1.31 bits per heavy atom. The average molecular weight is 397 g/mol. The summed E-state index contributed by atoms with van der Waals surface area (Å²) in [5.74, 6) is 0.539. The van der Waals surface area contributed by atoms with Crippen molar-refractivity contribution in [3.8, 4) is 0 Å². The number of nitrogens with one attached hydrogen (secondary N) is 1. The molecule has 2 amide bonds. The average Bonchev–Trinajstić information content (AvgIpc) is 3.00. The number of hydrogen-bond acceptors (Lipinski definition) is 3. The molecule has 1 aromatic rings. The smallest absolute Gasteiger partial charge is 0.254 e.